The Morgan fingerprint density at radius 3 is 2.69 bits per heavy atom. The lowest BCUT2D eigenvalue weighted by molar-refractivity contribution is -0.154. The quantitative estimate of drug-likeness (QED) is 0.708. The number of furan rings is 1. The van der Waals surface area contributed by atoms with E-state index in [4.69, 9.17) is 14.6 Å². The number of carbonyl (C=O) groups is 1. The predicted octanol–water partition coefficient (Wildman–Crippen LogP) is 0.757. The van der Waals surface area contributed by atoms with E-state index >= 15 is 0 Å². The molecular formula is C9H10O4. The zero-order valence-corrected chi connectivity index (χ0v) is 6.93. The summed E-state index contributed by atoms with van der Waals surface area (Å²) in [6.07, 6.45) is 1.43. The fourth-order valence-electron chi connectivity index (χ4n) is 1.78. The molecule has 1 fully saturated rings. The van der Waals surface area contributed by atoms with Crippen LogP contribution in [0.2, 0.25) is 0 Å². The first-order valence-electron chi connectivity index (χ1n) is 4.10. The lowest BCUT2D eigenvalue weighted by Gasteiger charge is -2.39. The van der Waals surface area contributed by atoms with Gasteiger partial charge in [-0.25, -0.2) is 0 Å². The molecule has 1 saturated carbocycles. The number of carboxylic acids is 1. The fourth-order valence-corrected chi connectivity index (χ4v) is 1.78. The number of aliphatic hydroxyl groups excluding tert-OH is 1. The van der Waals surface area contributed by atoms with Crippen molar-refractivity contribution in [3.63, 3.8) is 0 Å². The highest BCUT2D eigenvalue weighted by atomic mass is 16.4. The van der Waals surface area contributed by atoms with Gasteiger partial charge in [0.25, 0.3) is 0 Å². The second-order valence-corrected chi connectivity index (χ2v) is 3.43. The van der Waals surface area contributed by atoms with Gasteiger partial charge in [0.05, 0.1) is 12.4 Å². The maximum absolute atomic E-state index is 11.0. The smallest absolute Gasteiger partial charge is 0.317 e. The van der Waals surface area contributed by atoms with Gasteiger partial charge >= 0.3 is 5.97 Å². The van der Waals surface area contributed by atoms with E-state index in [1.807, 2.05) is 0 Å². The van der Waals surface area contributed by atoms with Crippen LogP contribution >= 0.6 is 0 Å². The lowest BCUT2D eigenvalue weighted by Crippen LogP contribution is -2.50. The van der Waals surface area contributed by atoms with E-state index in [2.05, 4.69) is 0 Å². The molecule has 1 heterocycles. The van der Waals surface area contributed by atoms with Crippen LogP contribution in [0.4, 0.5) is 0 Å². The van der Waals surface area contributed by atoms with Gasteiger partial charge in [0, 0.05) is 0 Å². The van der Waals surface area contributed by atoms with Crippen molar-refractivity contribution >= 4 is 5.97 Å². The summed E-state index contributed by atoms with van der Waals surface area (Å²) in [5.41, 5.74) is -0.983. The Morgan fingerprint density at radius 1 is 1.62 bits per heavy atom. The Morgan fingerprint density at radius 2 is 2.31 bits per heavy atom. The second kappa shape index (κ2) is 2.60. The molecule has 1 aromatic heterocycles. The fraction of sp³-hybridized carbons (Fsp3) is 0.444. The molecule has 2 rings (SSSR count). The van der Waals surface area contributed by atoms with E-state index in [1.54, 1.807) is 12.1 Å². The third-order valence-corrected chi connectivity index (χ3v) is 2.57. The van der Waals surface area contributed by atoms with Gasteiger partial charge in [-0.05, 0) is 25.0 Å². The Hall–Kier alpha value is -1.29. The highest BCUT2D eigenvalue weighted by Gasteiger charge is 2.53. The summed E-state index contributed by atoms with van der Waals surface area (Å²) >= 11 is 0. The predicted molar refractivity (Wildman–Crippen MR) is 43.3 cm³/mol. The first-order chi connectivity index (χ1) is 6.15. The van der Waals surface area contributed by atoms with Crippen LogP contribution < -0.4 is 0 Å². The highest BCUT2D eigenvalue weighted by molar-refractivity contribution is 5.82. The maximum Gasteiger partial charge on any atom is 0.317 e. The van der Waals surface area contributed by atoms with Crippen LogP contribution in [-0.4, -0.2) is 22.3 Å². The van der Waals surface area contributed by atoms with Gasteiger partial charge < -0.3 is 14.6 Å². The van der Waals surface area contributed by atoms with Crippen molar-refractivity contribution in [3.05, 3.63) is 24.2 Å². The van der Waals surface area contributed by atoms with Gasteiger partial charge in [-0.15, -0.1) is 0 Å². The van der Waals surface area contributed by atoms with Crippen molar-refractivity contribution in [1.82, 2.24) is 0 Å². The molecule has 0 spiro atoms. The number of aliphatic hydroxyl groups is 1. The minimum absolute atomic E-state index is 0.246. The van der Waals surface area contributed by atoms with E-state index in [9.17, 15) is 4.79 Å². The summed E-state index contributed by atoms with van der Waals surface area (Å²) in [6.45, 7) is 0. The molecule has 70 valence electrons. The van der Waals surface area contributed by atoms with Crippen LogP contribution in [0.25, 0.3) is 0 Å². The maximum atomic E-state index is 11.0. The molecule has 2 N–H and O–H groups in total. The van der Waals surface area contributed by atoms with Crippen LogP contribution in [0.15, 0.2) is 22.8 Å². The summed E-state index contributed by atoms with van der Waals surface area (Å²) in [6, 6.07) is 3.30. The number of carboxylic acid groups (broad SMARTS) is 1. The van der Waals surface area contributed by atoms with Crippen LogP contribution in [0.3, 0.4) is 0 Å². The van der Waals surface area contributed by atoms with Crippen molar-refractivity contribution in [2.75, 3.05) is 0 Å². The average Bonchev–Trinajstić information content (AvgIpc) is 2.49. The standard InChI is InChI=1S/C9H10O4/c10-6-4-9(5-6,8(11)12)7-2-1-3-13-7/h1-3,6,10H,4-5H2,(H,11,12). The van der Waals surface area contributed by atoms with Gasteiger partial charge in [-0.1, -0.05) is 0 Å². The average molecular weight is 182 g/mol. The summed E-state index contributed by atoms with van der Waals surface area (Å²) in [7, 11) is 0. The highest BCUT2D eigenvalue weighted by Crippen LogP contribution is 2.44. The monoisotopic (exact) mass is 182 g/mol. The summed E-state index contributed by atoms with van der Waals surface area (Å²) in [4.78, 5) is 11.0. The topological polar surface area (TPSA) is 70.7 Å². The van der Waals surface area contributed by atoms with Crippen molar-refractivity contribution in [2.24, 2.45) is 0 Å². The zero-order chi connectivity index (χ0) is 9.47. The van der Waals surface area contributed by atoms with E-state index in [0.717, 1.165) is 0 Å². The van der Waals surface area contributed by atoms with Gasteiger partial charge in [0.15, 0.2) is 0 Å². The Kier molecular flexibility index (Phi) is 1.66. The van der Waals surface area contributed by atoms with Gasteiger partial charge in [0.1, 0.15) is 11.2 Å². The van der Waals surface area contributed by atoms with E-state index < -0.39 is 17.5 Å². The minimum atomic E-state index is -0.983. The molecule has 4 nitrogen and oxygen atoms in total. The van der Waals surface area contributed by atoms with E-state index in [-0.39, 0.29) is 12.8 Å². The summed E-state index contributed by atoms with van der Waals surface area (Å²) < 4.78 is 5.06. The first-order valence-corrected chi connectivity index (χ1v) is 4.10. The lowest BCUT2D eigenvalue weighted by atomic mass is 9.65. The number of rotatable bonds is 2. The summed E-state index contributed by atoms with van der Waals surface area (Å²) in [5, 5.41) is 18.1. The molecule has 0 amide bonds. The molecule has 13 heavy (non-hydrogen) atoms. The molecule has 0 atom stereocenters. The molecule has 0 unspecified atom stereocenters. The second-order valence-electron chi connectivity index (χ2n) is 3.43. The Balaban J connectivity index is 2.31. The molecule has 1 aliphatic carbocycles. The minimum Gasteiger partial charge on any atom is -0.480 e. The van der Waals surface area contributed by atoms with Gasteiger partial charge in [-0.2, -0.15) is 0 Å². The Bertz CT molecular complexity index is 308. The van der Waals surface area contributed by atoms with Crippen molar-refractivity contribution in [3.8, 4) is 0 Å². The Labute approximate surface area is 74.8 Å². The number of hydrogen-bond donors (Lipinski definition) is 2. The number of hydrogen-bond acceptors (Lipinski definition) is 3. The number of aliphatic carboxylic acids is 1. The van der Waals surface area contributed by atoms with Crippen LogP contribution in [0.1, 0.15) is 18.6 Å². The first kappa shape index (κ1) is 8.31. The third-order valence-electron chi connectivity index (χ3n) is 2.57. The molecule has 0 aliphatic heterocycles. The molecule has 0 aromatic carbocycles. The normalized spacial score (nSPS) is 32.5. The van der Waals surface area contributed by atoms with Crippen molar-refractivity contribution in [2.45, 2.75) is 24.4 Å². The molecule has 0 bridgehead atoms. The summed E-state index contributed by atoms with van der Waals surface area (Å²) in [5.74, 6) is -0.488. The zero-order valence-electron chi connectivity index (χ0n) is 6.93. The molecular weight excluding hydrogens is 172 g/mol. The van der Waals surface area contributed by atoms with Crippen molar-refractivity contribution < 1.29 is 19.4 Å². The molecule has 0 radical (unpaired) electrons. The van der Waals surface area contributed by atoms with E-state index in [0.29, 0.717) is 5.76 Å². The molecule has 1 aliphatic rings. The van der Waals surface area contributed by atoms with E-state index in [1.165, 1.54) is 6.26 Å². The van der Waals surface area contributed by atoms with Gasteiger partial charge in [0.2, 0.25) is 0 Å². The van der Waals surface area contributed by atoms with Crippen LogP contribution in [0, 0.1) is 0 Å². The van der Waals surface area contributed by atoms with Crippen LogP contribution in [-0.2, 0) is 10.2 Å². The molecule has 0 saturated heterocycles. The molecule has 1 aromatic rings. The SMILES string of the molecule is O=C(O)C1(c2ccco2)CC(O)C1. The third kappa shape index (κ3) is 1.06. The van der Waals surface area contributed by atoms with Gasteiger partial charge in [-0.3, -0.25) is 4.79 Å². The van der Waals surface area contributed by atoms with Crippen molar-refractivity contribution in [1.29, 1.82) is 0 Å². The molecule has 4 heteroatoms. The largest absolute Gasteiger partial charge is 0.480 e. The van der Waals surface area contributed by atoms with Crippen LogP contribution in [0.5, 0.6) is 0 Å².